The highest BCUT2D eigenvalue weighted by molar-refractivity contribution is 5.21. The van der Waals surface area contributed by atoms with Gasteiger partial charge in [-0.3, -0.25) is 4.99 Å². The summed E-state index contributed by atoms with van der Waals surface area (Å²) in [5, 5.41) is 9.97. The van der Waals surface area contributed by atoms with Gasteiger partial charge in [0.1, 0.15) is 0 Å². The first-order valence-corrected chi connectivity index (χ1v) is 13.4. The van der Waals surface area contributed by atoms with E-state index in [1.165, 1.54) is 103 Å². The molecule has 0 aromatic carbocycles. The van der Waals surface area contributed by atoms with Gasteiger partial charge in [-0.05, 0) is 12.8 Å². The van der Waals surface area contributed by atoms with Crippen LogP contribution in [0, 0.1) is 0 Å². The van der Waals surface area contributed by atoms with Crippen molar-refractivity contribution in [2.75, 3.05) is 18.9 Å². The van der Waals surface area contributed by atoms with Gasteiger partial charge < -0.3 is 15.7 Å². The number of hydrogen-bond donors (Lipinski definition) is 2. The Morgan fingerprint density at radius 3 is 1.72 bits per heavy atom. The van der Waals surface area contributed by atoms with Gasteiger partial charge in [-0.1, -0.05) is 117 Å². The van der Waals surface area contributed by atoms with Crippen LogP contribution in [0.3, 0.4) is 0 Å². The largest absolute Gasteiger partial charge is 0.477 e. The van der Waals surface area contributed by atoms with E-state index in [1.807, 2.05) is 6.92 Å². The van der Waals surface area contributed by atoms with Crippen LogP contribution in [-0.4, -0.2) is 28.1 Å². The molecule has 0 spiro atoms. The molecule has 0 unspecified atom stereocenters. The summed E-state index contributed by atoms with van der Waals surface area (Å²) in [6.45, 7) is 5.56. The third-order valence-corrected chi connectivity index (χ3v) is 5.90. The number of nitrogens with two attached hydrogens (primary N) is 1. The van der Waals surface area contributed by atoms with Crippen LogP contribution in [0.1, 0.15) is 129 Å². The van der Waals surface area contributed by atoms with Crippen molar-refractivity contribution in [3.8, 4) is 5.88 Å². The van der Waals surface area contributed by atoms with E-state index in [2.05, 4.69) is 16.9 Å². The molecule has 0 radical (unpaired) electrons. The molecule has 0 aliphatic heterocycles. The SMILES string of the molecule is CCCCCCCCCCCCCCCCCCCN=c1cc(OCCC)nc(N)n1O. The number of ether oxygens (including phenoxy) is 1. The number of anilines is 1. The summed E-state index contributed by atoms with van der Waals surface area (Å²) in [4.78, 5) is 8.47. The Morgan fingerprint density at radius 1 is 0.781 bits per heavy atom. The number of aromatic nitrogens is 2. The van der Waals surface area contributed by atoms with Crippen molar-refractivity contribution in [1.29, 1.82) is 0 Å². The minimum atomic E-state index is -0.000220. The maximum absolute atomic E-state index is 9.97. The van der Waals surface area contributed by atoms with E-state index >= 15 is 0 Å². The van der Waals surface area contributed by atoms with Crippen molar-refractivity contribution in [3.05, 3.63) is 11.6 Å². The number of rotatable bonds is 21. The molecule has 0 saturated carbocycles. The Hall–Kier alpha value is -1.72. The summed E-state index contributed by atoms with van der Waals surface area (Å²) in [6.07, 6.45) is 24.0. The van der Waals surface area contributed by atoms with Crippen molar-refractivity contribution in [2.24, 2.45) is 4.99 Å². The number of unbranched alkanes of at least 4 members (excludes halogenated alkanes) is 16. The summed E-state index contributed by atoms with van der Waals surface area (Å²) < 4.78 is 6.32. The van der Waals surface area contributed by atoms with Crippen LogP contribution in [0.2, 0.25) is 0 Å². The van der Waals surface area contributed by atoms with Gasteiger partial charge in [0, 0.05) is 12.6 Å². The highest BCUT2D eigenvalue weighted by atomic mass is 16.5. The summed E-state index contributed by atoms with van der Waals surface area (Å²) in [6, 6.07) is 1.64. The lowest BCUT2D eigenvalue weighted by Crippen LogP contribution is -2.24. The Morgan fingerprint density at radius 2 is 1.25 bits per heavy atom. The molecule has 0 atom stereocenters. The molecule has 0 saturated heterocycles. The van der Waals surface area contributed by atoms with Crippen LogP contribution in [-0.2, 0) is 0 Å². The second kappa shape index (κ2) is 19.9. The van der Waals surface area contributed by atoms with Gasteiger partial charge in [0.2, 0.25) is 11.8 Å². The lowest BCUT2D eigenvalue weighted by molar-refractivity contribution is 0.172. The maximum atomic E-state index is 9.97. The summed E-state index contributed by atoms with van der Waals surface area (Å²) in [5.74, 6) is 0.413. The van der Waals surface area contributed by atoms with Gasteiger partial charge in [0.25, 0.3) is 0 Å². The predicted octanol–water partition coefficient (Wildman–Crippen LogP) is 7.04. The van der Waals surface area contributed by atoms with Gasteiger partial charge in [-0.2, -0.15) is 4.98 Å². The van der Waals surface area contributed by atoms with Crippen LogP contribution in [0.25, 0.3) is 0 Å². The van der Waals surface area contributed by atoms with E-state index in [9.17, 15) is 5.21 Å². The monoisotopic (exact) mass is 450 g/mol. The smallest absolute Gasteiger partial charge is 0.239 e. The highest BCUT2D eigenvalue weighted by Gasteiger charge is 2.04. The quantitative estimate of drug-likeness (QED) is 0.155. The highest BCUT2D eigenvalue weighted by Crippen LogP contribution is 2.14. The van der Waals surface area contributed by atoms with E-state index in [0.29, 0.717) is 24.5 Å². The number of nitrogens with zero attached hydrogens (tertiary/aromatic N) is 3. The second-order valence-electron chi connectivity index (χ2n) is 9.01. The topological polar surface area (TPSA) is 85.7 Å². The zero-order chi connectivity index (χ0) is 23.3. The van der Waals surface area contributed by atoms with Crippen molar-refractivity contribution in [3.63, 3.8) is 0 Å². The van der Waals surface area contributed by atoms with Crippen LogP contribution in [0.4, 0.5) is 5.95 Å². The van der Waals surface area contributed by atoms with Crippen LogP contribution < -0.4 is 16.0 Å². The molecule has 0 aliphatic rings. The van der Waals surface area contributed by atoms with Crippen LogP contribution in [0.5, 0.6) is 5.88 Å². The van der Waals surface area contributed by atoms with Gasteiger partial charge >= 0.3 is 0 Å². The minimum absolute atomic E-state index is 0.000220. The van der Waals surface area contributed by atoms with Crippen molar-refractivity contribution < 1.29 is 9.94 Å². The first-order chi connectivity index (χ1) is 15.7. The zero-order valence-corrected chi connectivity index (χ0v) is 21.0. The number of hydrogen-bond acceptors (Lipinski definition) is 5. The molecule has 6 nitrogen and oxygen atoms in total. The van der Waals surface area contributed by atoms with Crippen LogP contribution in [0.15, 0.2) is 11.1 Å². The molecule has 6 heteroatoms. The molecule has 0 aliphatic carbocycles. The maximum Gasteiger partial charge on any atom is 0.239 e. The third-order valence-electron chi connectivity index (χ3n) is 5.90. The molecule has 1 heterocycles. The number of nitrogen functional groups attached to an aromatic ring is 1. The average Bonchev–Trinajstić information content (AvgIpc) is 2.79. The molecule has 0 bridgehead atoms. The molecule has 0 amide bonds. The van der Waals surface area contributed by atoms with E-state index in [0.717, 1.165) is 17.6 Å². The Kier molecular flexibility index (Phi) is 17.6. The first-order valence-electron chi connectivity index (χ1n) is 13.4. The fraction of sp³-hybridized carbons (Fsp3) is 0.846. The van der Waals surface area contributed by atoms with Gasteiger partial charge in [0.05, 0.1) is 6.61 Å². The summed E-state index contributed by atoms with van der Waals surface area (Å²) in [5.41, 5.74) is 6.13. The van der Waals surface area contributed by atoms with Gasteiger partial charge in [-0.25, -0.2) is 0 Å². The van der Waals surface area contributed by atoms with E-state index in [4.69, 9.17) is 10.5 Å². The molecule has 1 aromatic heterocycles. The third kappa shape index (κ3) is 14.4. The fourth-order valence-corrected chi connectivity index (χ4v) is 3.90. The van der Waals surface area contributed by atoms with Crippen LogP contribution >= 0.6 is 0 Å². The normalized spacial score (nSPS) is 11.9. The molecule has 3 N–H and O–H groups in total. The Labute approximate surface area is 196 Å². The van der Waals surface area contributed by atoms with E-state index < -0.39 is 0 Å². The molecule has 186 valence electrons. The zero-order valence-electron chi connectivity index (χ0n) is 21.0. The Balaban J connectivity index is 1.97. The van der Waals surface area contributed by atoms with Gasteiger partial charge in [0.15, 0.2) is 5.49 Å². The van der Waals surface area contributed by atoms with Crippen molar-refractivity contribution >= 4 is 5.95 Å². The lowest BCUT2D eigenvalue weighted by Gasteiger charge is -2.07. The van der Waals surface area contributed by atoms with Crippen molar-refractivity contribution in [2.45, 2.75) is 129 Å². The molecule has 1 rings (SSSR count). The fourth-order valence-electron chi connectivity index (χ4n) is 3.90. The predicted molar refractivity (Wildman–Crippen MR) is 134 cm³/mol. The standard InChI is InChI=1S/C26H50N4O2/c1-3-5-6-7-8-9-10-11-12-13-14-15-16-17-18-19-20-21-28-24-23-25(32-22-4-2)29-26(27)30(24)31/h23,31H,3-22H2,1-2H3,(H2,27,29). The molecule has 0 fully saturated rings. The van der Waals surface area contributed by atoms with Gasteiger partial charge in [-0.15, -0.1) is 4.73 Å². The minimum Gasteiger partial charge on any atom is -0.477 e. The summed E-state index contributed by atoms with van der Waals surface area (Å²) >= 11 is 0. The first kappa shape index (κ1) is 28.3. The van der Waals surface area contributed by atoms with Crippen molar-refractivity contribution in [1.82, 2.24) is 9.71 Å². The van der Waals surface area contributed by atoms with E-state index in [1.54, 1.807) is 6.07 Å². The van der Waals surface area contributed by atoms with E-state index in [-0.39, 0.29) is 5.95 Å². The molecule has 32 heavy (non-hydrogen) atoms. The molecule has 1 aromatic rings. The second-order valence-corrected chi connectivity index (χ2v) is 9.01. The average molecular weight is 451 g/mol. The Bertz CT molecular complexity index is 631. The summed E-state index contributed by atoms with van der Waals surface area (Å²) in [7, 11) is 0. The lowest BCUT2D eigenvalue weighted by atomic mass is 10.0. The molecular formula is C26H50N4O2. The molecular weight excluding hydrogens is 400 g/mol.